The Morgan fingerprint density at radius 2 is 1.79 bits per heavy atom. The third-order valence-electron chi connectivity index (χ3n) is 3.71. The van der Waals surface area contributed by atoms with Gasteiger partial charge in [0.1, 0.15) is 23.4 Å². The summed E-state index contributed by atoms with van der Waals surface area (Å²) in [5.74, 6) is -0.494. The minimum absolute atomic E-state index is 0.314. The van der Waals surface area contributed by atoms with Crippen molar-refractivity contribution in [1.29, 1.82) is 5.26 Å². The Labute approximate surface area is 166 Å². The number of nitrogens with zero attached hydrogens (tertiary/aromatic N) is 1. The number of anilines is 1. The van der Waals surface area contributed by atoms with Crippen LogP contribution in [0.5, 0.6) is 5.75 Å². The van der Waals surface area contributed by atoms with Crippen LogP contribution in [0.15, 0.2) is 66.0 Å². The molecule has 6 nitrogen and oxygen atoms in total. The summed E-state index contributed by atoms with van der Waals surface area (Å²) in [6.45, 7) is -0.00787. The van der Waals surface area contributed by atoms with Crippen LogP contribution >= 0.6 is 11.3 Å². The first kappa shape index (κ1) is 19.1. The molecule has 0 aliphatic rings. The molecule has 0 radical (unpaired) electrons. The Bertz CT molecular complexity index is 991. The van der Waals surface area contributed by atoms with Crippen molar-refractivity contribution in [2.45, 2.75) is 6.61 Å². The minimum Gasteiger partial charge on any atom is -0.489 e. The maximum atomic E-state index is 12.1. The van der Waals surface area contributed by atoms with E-state index < -0.39 is 18.5 Å². The zero-order valence-corrected chi connectivity index (χ0v) is 15.6. The Balaban J connectivity index is 1.48. The number of carbonyl (C=O) groups is 2. The maximum absolute atomic E-state index is 12.1. The fraction of sp³-hybridized carbons (Fsp3) is 0.0952. The van der Waals surface area contributed by atoms with Crippen molar-refractivity contribution in [1.82, 2.24) is 0 Å². The summed E-state index contributed by atoms with van der Waals surface area (Å²) >= 11 is 1.23. The average Bonchev–Trinajstić information content (AvgIpc) is 3.18. The molecule has 28 heavy (non-hydrogen) atoms. The summed E-state index contributed by atoms with van der Waals surface area (Å²) < 4.78 is 10.7. The largest absolute Gasteiger partial charge is 0.489 e. The molecule has 2 aromatic carbocycles. The zero-order valence-electron chi connectivity index (χ0n) is 14.8. The predicted octanol–water partition coefficient (Wildman–Crippen LogP) is 3.99. The first-order valence-corrected chi connectivity index (χ1v) is 9.25. The predicted molar refractivity (Wildman–Crippen MR) is 105 cm³/mol. The van der Waals surface area contributed by atoms with Gasteiger partial charge in [0.2, 0.25) is 0 Å². The third-order valence-corrected chi connectivity index (χ3v) is 4.54. The highest BCUT2D eigenvalue weighted by molar-refractivity contribution is 7.14. The molecule has 1 N–H and O–H groups in total. The van der Waals surface area contributed by atoms with Gasteiger partial charge in [-0.15, -0.1) is 11.3 Å². The topological polar surface area (TPSA) is 88.4 Å². The van der Waals surface area contributed by atoms with E-state index in [0.717, 1.165) is 5.56 Å². The number of hydrogen-bond acceptors (Lipinski definition) is 6. The van der Waals surface area contributed by atoms with Crippen LogP contribution < -0.4 is 10.1 Å². The molecule has 0 bridgehead atoms. The highest BCUT2D eigenvalue weighted by Gasteiger charge is 2.12. The van der Waals surface area contributed by atoms with E-state index in [1.807, 2.05) is 36.4 Å². The van der Waals surface area contributed by atoms with Crippen LogP contribution in [0.3, 0.4) is 0 Å². The molecule has 0 aliphatic heterocycles. The molecule has 140 valence electrons. The molecule has 3 rings (SSSR count). The van der Waals surface area contributed by atoms with E-state index in [1.54, 1.807) is 35.7 Å². The van der Waals surface area contributed by atoms with E-state index in [1.165, 1.54) is 11.3 Å². The lowest BCUT2D eigenvalue weighted by atomic mass is 10.2. The zero-order chi connectivity index (χ0) is 19.8. The second-order valence-corrected chi connectivity index (χ2v) is 6.61. The third kappa shape index (κ3) is 5.19. The van der Waals surface area contributed by atoms with E-state index in [2.05, 4.69) is 5.32 Å². The number of amides is 1. The van der Waals surface area contributed by atoms with Crippen molar-refractivity contribution in [2.24, 2.45) is 0 Å². The molecule has 0 spiro atoms. The number of esters is 1. The van der Waals surface area contributed by atoms with E-state index in [4.69, 9.17) is 14.7 Å². The van der Waals surface area contributed by atoms with Gasteiger partial charge >= 0.3 is 5.97 Å². The lowest BCUT2D eigenvalue weighted by Crippen LogP contribution is -2.20. The molecule has 0 unspecified atom stereocenters. The fourth-order valence-electron chi connectivity index (χ4n) is 2.30. The van der Waals surface area contributed by atoms with Gasteiger partial charge in [-0.1, -0.05) is 30.3 Å². The maximum Gasteiger partial charge on any atom is 0.338 e. The Kier molecular flexibility index (Phi) is 6.39. The molecule has 0 fully saturated rings. The number of rotatable bonds is 7. The van der Waals surface area contributed by atoms with Gasteiger partial charge in [0.15, 0.2) is 6.61 Å². The van der Waals surface area contributed by atoms with Gasteiger partial charge in [0.25, 0.3) is 5.91 Å². The second kappa shape index (κ2) is 9.35. The molecule has 1 heterocycles. The summed E-state index contributed by atoms with van der Waals surface area (Å²) in [5.41, 5.74) is 1.73. The fourth-order valence-corrected chi connectivity index (χ4v) is 3.05. The van der Waals surface area contributed by atoms with Crippen molar-refractivity contribution >= 4 is 28.2 Å². The Hall–Kier alpha value is -3.63. The first-order chi connectivity index (χ1) is 13.7. The van der Waals surface area contributed by atoms with Crippen molar-refractivity contribution in [3.05, 3.63) is 82.7 Å². The second-order valence-electron chi connectivity index (χ2n) is 5.70. The van der Waals surface area contributed by atoms with Crippen molar-refractivity contribution in [3.63, 3.8) is 0 Å². The quantitative estimate of drug-likeness (QED) is 0.614. The highest BCUT2D eigenvalue weighted by atomic mass is 32.1. The monoisotopic (exact) mass is 392 g/mol. The van der Waals surface area contributed by atoms with Crippen LogP contribution in [-0.2, 0) is 16.1 Å². The van der Waals surface area contributed by atoms with Gasteiger partial charge in [0.05, 0.1) is 11.1 Å². The lowest BCUT2D eigenvalue weighted by molar-refractivity contribution is -0.119. The average molecular weight is 392 g/mol. The number of nitrogens with one attached hydrogen (secondary N) is 1. The number of ether oxygens (including phenoxy) is 2. The Morgan fingerprint density at radius 1 is 1.04 bits per heavy atom. The van der Waals surface area contributed by atoms with Crippen molar-refractivity contribution in [3.8, 4) is 11.8 Å². The Morgan fingerprint density at radius 3 is 2.50 bits per heavy atom. The molecule has 0 saturated heterocycles. The number of carbonyl (C=O) groups excluding carboxylic acids is 2. The van der Waals surface area contributed by atoms with Crippen molar-refractivity contribution < 1.29 is 19.1 Å². The molecule has 0 atom stereocenters. The van der Waals surface area contributed by atoms with Gasteiger partial charge in [-0.25, -0.2) is 4.79 Å². The van der Waals surface area contributed by atoms with Crippen LogP contribution in [0.2, 0.25) is 0 Å². The van der Waals surface area contributed by atoms with Gasteiger partial charge in [-0.3, -0.25) is 4.79 Å². The van der Waals surface area contributed by atoms with E-state index >= 15 is 0 Å². The van der Waals surface area contributed by atoms with Gasteiger partial charge in [0, 0.05) is 0 Å². The first-order valence-electron chi connectivity index (χ1n) is 8.37. The molecular weight excluding hydrogens is 376 g/mol. The molecule has 7 heteroatoms. The molecule has 3 aromatic rings. The molecule has 1 aromatic heterocycles. The summed E-state index contributed by atoms with van der Waals surface area (Å²) in [4.78, 5) is 23.9. The van der Waals surface area contributed by atoms with Crippen LogP contribution in [0.4, 0.5) is 5.00 Å². The molecular formula is C21H16N2O4S. The summed E-state index contributed by atoms with van der Waals surface area (Å²) in [6.07, 6.45) is 0. The molecule has 0 saturated carbocycles. The van der Waals surface area contributed by atoms with Crippen LogP contribution in [0.1, 0.15) is 21.5 Å². The van der Waals surface area contributed by atoms with Crippen LogP contribution in [-0.4, -0.2) is 18.5 Å². The van der Waals surface area contributed by atoms with Crippen LogP contribution in [0.25, 0.3) is 0 Å². The van der Waals surface area contributed by atoms with Crippen LogP contribution in [0, 0.1) is 11.3 Å². The minimum atomic E-state index is -0.614. The summed E-state index contributed by atoms with van der Waals surface area (Å²) in [6, 6.07) is 19.8. The summed E-state index contributed by atoms with van der Waals surface area (Å²) in [7, 11) is 0. The van der Waals surface area contributed by atoms with E-state index in [-0.39, 0.29) is 0 Å². The van der Waals surface area contributed by atoms with E-state index in [0.29, 0.717) is 28.5 Å². The number of thiophene rings is 1. The van der Waals surface area contributed by atoms with Crippen molar-refractivity contribution in [2.75, 3.05) is 11.9 Å². The smallest absolute Gasteiger partial charge is 0.338 e. The number of hydrogen-bond donors (Lipinski definition) is 1. The normalized spacial score (nSPS) is 9.96. The molecule has 0 aliphatic carbocycles. The van der Waals surface area contributed by atoms with Gasteiger partial charge in [-0.05, 0) is 41.3 Å². The standard InChI is InChI=1S/C21H16N2O4S/c22-12-17-10-11-28-20(17)23-19(24)14-27-21(25)16-6-8-18(9-7-16)26-13-15-4-2-1-3-5-15/h1-11H,13-14H2,(H,23,24). The highest BCUT2D eigenvalue weighted by Crippen LogP contribution is 2.22. The lowest BCUT2D eigenvalue weighted by Gasteiger charge is -2.08. The van der Waals surface area contributed by atoms with Gasteiger partial charge in [-0.2, -0.15) is 5.26 Å². The van der Waals surface area contributed by atoms with Gasteiger partial charge < -0.3 is 14.8 Å². The number of nitriles is 1. The SMILES string of the molecule is N#Cc1ccsc1NC(=O)COC(=O)c1ccc(OCc2ccccc2)cc1. The number of benzene rings is 2. The molecule has 1 amide bonds. The summed E-state index contributed by atoms with van der Waals surface area (Å²) in [5, 5.41) is 13.6. The van der Waals surface area contributed by atoms with E-state index in [9.17, 15) is 9.59 Å².